The van der Waals surface area contributed by atoms with Crippen LogP contribution in [0, 0.1) is 16.7 Å². The van der Waals surface area contributed by atoms with Crippen LogP contribution in [0.1, 0.15) is 75.2 Å². The van der Waals surface area contributed by atoms with Gasteiger partial charge in [-0.05, 0) is 50.9 Å². The Bertz CT molecular complexity index is 1210. The van der Waals surface area contributed by atoms with Crippen LogP contribution in [0.25, 0.3) is 5.65 Å². The third-order valence-electron chi connectivity index (χ3n) is 7.42. The Kier molecular flexibility index (Phi) is 5.40. The number of likely N-dealkylation sites (tertiary alicyclic amines) is 1. The topological polar surface area (TPSA) is 115 Å². The number of piperidine rings is 1. The number of piperazine rings is 1. The summed E-state index contributed by atoms with van der Waals surface area (Å²) in [6, 6.07) is 1.82. The molecule has 2 saturated heterocycles. The van der Waals surface area contributed by atoms with Gasteiger partial charge in [-0.1, -0.05) is 20.8 Å². The second kappa shape index (κ2) is 8.05. The Balaban J connectivity index is 1.44. The lowest BCUT2D eigenvalue weighted by atomic mass is 9.84. The van der Waals surface area contributed by atoms with Crippen LogP contribution in [0.3, 0.4) is 0 Å². The lowest BCUT2D eigenvalue weighted by Crippen LogP contribution is -2.71. The number of hydrogen-bond donors (Lipinski definition) is 2. The normalized spacial score (nSPS) is 22.5. The standard InChI is InChI=1S/C25H33N7O2/c1-15-22(33)29-25(23(34)27-15)8-10-31(11-9-25)14-19-17(12-24(2,3)4)21-28-18(13-26)16-6-5-7-20(16)32(21)30-19/h15H,5-12,14H2,1-4H3,(H,27,34)(H,29,33). The number of hydrogen-bond acceptors (Lipinski definition) is 6. The lowest BCUT2D eigenvalue weighted by molar-refractivity contribution is -0.143. The Labute approximate surface area is 199 Å². The van der Waals surface area contributed by atoms with E-state index in [0.717, 1.165) is 53.8 Å². The predicted octanol–water partition coefficient (Wildman–Crippen LogP) is 1.65. The van der Waals surface area contributed by atoms with E-state index in [0.29, 0.717) is 38.2 Å². The highest BCUT2D eigenvalue weighted by molar-refractivity contribution is 5.99. The van der Waals surface area contributed by atoms with Crippen molar-refractivity contribution in [3.63, 3.8) is 0 Å². The summed E-state index contributed by atoms with van der Waals surface area (Å²) < 4.78 is 1.99. The number of carbonyl (C=O) groups excluding carboxylic acids is 2. The number of carbonyl (C=O) groups is 2. The lowest BCUT2D eigenvalue weighted by Gasteiger charge is -2.44. The van der Waals surface area contributed by atoms with Crippen molar-refractivity contribution in [2.24, 2.45) is 5.41 Å². The molecule has 1 aliphatic carbocycles. The fourth-order valence-electron chi connectivity index (χ4n) is 5.57. The summed E-state index contributed by atoms with van der Waals surface area (Å²) in [5, 5.41) is 20.6. The first-order valence-electron chi connectivity index (χ1n) is 12.3. The van der Waals surface area contributed by atoms with Gasteiger partial charge in [0.2, 0.25) is 11.8 Å². The molecule has 5 rings (SSSR count). The van der Waals surface area contributed by atoms with E-state index in [1.807, 2.05) is 4.52 Å². The quantitative estimate of drug-likeness (QED) is 0.715. The highest BCUT2D eigenvalue weighted by atomic mass is 16.2. The zero-order chi connectivity index (χ0) is 24.3. The molecule has 2 amide bonds. The second-order valence-corrected chi connectivity index (χ2v) is 11.3. The minimum atomic E-state index is -0.808. The maximum Gasteiger partial charge on any atom is 0.246 e. The van der Waals surface area contributed by atoms with Crippen molar-refractivity contribution in [1.82, 2.24) is 30.1 Å². The molecule has 2 fully saturated rings. The summed E-state index contributed by atoms with van der Waals surface area (Å²) in [4.78, 5) is 32.0. The molecule has 2 aromatic rings. The van der Waals surface area contributed by atoms with E-state index in [-0.39, 0.29) is 17.2 Å². The molecule has 0 aromatic carbocycles. The van der Waals surface area contributed by atoms with E-state index in [1.54, 1.807) is 6.92 Å². The molecule has 1 unspecified atom stereocenters. The van der Waals surface area contributed by atoms with Gasteiger partial charge in [-0.25, -0.2) is 9.50 Å². The molecule has 2 aromatic heterocycles. The van der Waals surface area contributed by atoms with Gasteiger partial charge in [-0.3, -0.25) is 14.5 Å². The number of amides is 2. The highest BCUT2D eigenvalue weighted by Gasteiger charge is 2.47. The van der Waals surface area contributed by atoms with Gasteiger partial charge in [0.25, 0.3) is 0 Å². The van der Waals surface area contributed by atoms with Gasteiger partial charge in [-0.2, -0.15) is 10.4 Å². The van der Waals surface area contributed by atoms with Gasteiger partial charge in [0.05, 0.1) is 11.4 Å². The molecular formula is C25H33N7O2. The van der Waals surface area contributed by atoms with Crippen molar-refractivity contribution in [1.29, 1.82) is 5.26 Å². The maximum atomic E-state index is 12.7. The van der Waals surface area contributed by atoms with Gasteiger partial charge >= 0.3 is 0 Å². The molecule has 180 valence electrons. The van der Waals surface area contributed by atoms with Crippen LogP contribution in [0.15, 0.2) is 0 Å². The van der Waals surface area contributed by atoms with Crippen molar-refractivity contribution in [2.75, 3.05) is 13.1 Å². The van der Waals surface area contributed by atoms with Crippen LogP contribution in [0.5, 0.6) is 0 Å². The molecule has 34 heavy (non-hydrogen) atoms. The molecule has 1 atom stereocenters. The summed E-state index contributed by atoms with van der Waals surface area (Å²) in [6.07, 6.45) is 4.78. The Hall–Kier alpha value is -2.99. The van der Waals surface area contributed by atoms with E-state index in [2.05, 4.69) is 42.4 Å². The first kappa shape index (κ1) is 22.8. The predicted molar refractivity (Wildman–Crippen MR) is 126 cm³/mol. The minimum absolute atomic E-state index is 0.0406. The number of nitrogens with zero attached hydrogens (tertiary/aromatic N) is 5. The third kappa shape index (κ3) is 3.84. The molecule has 0 saturated carbocycles. The monoisotopic (exact) mass is 463 g/mol. The average Bonchev–Trinajstić information content (AvgIpc) is 3.38. The first-order valence-corrected chi connectivity index (χ1v) is 12.3. The fourth-order valence-corrected chi connectivity index (χ4v) is 5.57. The van der Waals surface area contributed by atoms with Crippen LogP contribution >= 0.6 is 0 Å². The van der Waals surface area contributed by atoms with Crippen molar-refractivity contribution in [3.8, 4) is 6.07 Å². The van der Waals surface area contributed by atoms with Gasteiger partial charge in [-0.15, -0.1) is 0 Å². The number of aromatic nitrogens is 3. The van der Waals surface area contributed by atoms with E-state index < -0.39 is 11.6 Å². The zero-order valence-electron chi connectivity index (χ0n) is 20.5. The van der Waals surface area contributed by atoms with Crippen LogP contribution in [-0.4, -0.2) is 56.0 Å². The molecular weight excluding hydrogens is 430 g/mol. The van der Waals surface area contributed by atoms with Crippen LogP contribution < -0.4 is 10.6 Å². The van der Waals surface area contributed by atoms with E-state index in [4.69, 9.17) is 10.1 Å². The smallest absolute Gasteiger partial charge is 0.246 e. The first-order chi connectivity index (χ1) is 16.1. The average molecular weight is 464 g/mol. The number of fused-ring (bicyclic) bond motifs is 3. The van der Waals surface area contributed by atoms with Gasteiger partial charge in [0.15, 0.2) is 5.65 Å². The van der Waals surface area contributed by atoms with Crippen molar-refractivity contribution < 1.29 is 9.59 Å². The minimum Gasteiger partial charge on any atom is -0.343 e. The second-order valence-electron chi connectivity index (χ2n) is 11.3. The largest absolute Gasteiger partial charge is 0.343 e. The SMILES string of the molecule is CC1NC(=O)C2(CCN(Cc3nn4c5c(c(C#N)nc4c3CC(C)(C)C)CCC5)CC2)NC1=O. The molecule has 0 radical (unpaired) electrons. The summed E-state index contributed by atoms with van der Waals surface area (Å²) >= 11 is 0. The highest BCUT2D eigenvalue weighted by Crippen LogP contribution is 2.32. The van der Waals surface area contributed by atoms with Crippen LogP contribution in [0.4, 0.5) is 0 Å². The van der Waals surface area contributed by atoms with Crippen LogP contribution in [-0.2, 0) is 35.4 Å². The molecule has 9 heteroatoms. The molecule has 2 aliphatic heterocycles. The summed E-state index contributed by atoms with van der Waals surface area (Å²) in [5.74, 6) is -0.196. The van der Waals surface area contributed by atoms with Gasteiger partial charge in [0.1, 0.15) is 23.3 Å². The van der Waals surface area contributed by atoms with Gasteiger partial charge in [0, 0.05) is 30.8 Å². The number of aryl methyl sites for hydroxylation is 1. The molecule has 3 aliphatic rings. The molecule has 2 N–H and O–H groups in total. The van der Waals surface area contributed by atoms with Gasteiger partial charge < -0.3 is 10.6 Å². The van der Waals surface area contributed by atoms with Crippen molar-refractivity contribution >= 4 is 17.5 Å². The Morgan fingerprint density at radius 2 is 1.94 bits per heavy atom. The zero-order valence-corrected chi connectivity index (χ0v) is 20.5. The summed E-state index contributed by atoms with van der Waals surface area (Å²) in [5.41, 5.74) is 4.84. The van der Waals surface area contributed by atoms with Crippen molar-refractivity contribution in [3.05, 3.63) is 28.2 Å². The number of nitriles is 1. The number of rotatable bonds is 3. The Morgan fingerprint density at radius 3 is 2.62 bits per heavy atom. The summed E-state index contributed by atoms with van der Waals surface area (Å²) in [6.45, 7) is 10.4. The van der Waals surface area contributed by atoms with E-state index >= 15 is 0 Å². The molecule has 4 heterocycles. The van der Waals surface area contributed by atoms with Crippen molar-refractivity contribution in [2.45, 2.75) is 84.3 Å². The fraction of sp³-hybridized carbons (Fsp3) is 0.640. The Morgan fingerprint density at radius 1 is 1.21 bits per heavy atom. The van der Waals surface area contributed by atoms with E-state index in [9.17, 15) is 14.9 Å². The summed E-state index contributed by atoms with van der Waals surface area (Å²) in [7, 11) is 0. The third-order valence-corrected chi connectivity index (χ3v) is 7.42. The molecule has 9 nitrogen and oxygen atoms in total. The van der Waals surface area contributed by atoms with Crippen LogP contribution in [0.2, 0.25) is 0 Å². The molecule has 1 spiro atoms. The maximum absolute atomic E-state index is 12.7. The van der Waals surface area contributed by atoms with E-state index in [1.165, 1.54) is 0 Å². The molecule has 0 bridgehead atoms. The number of nitrogens with one attached hydrogen (secondary N) is 2.